The van der Waals surface area contributed by atoms with E-state index in [9.17, 15) is 9.59 Å². The summed E-state index contributed by atoms with van der Waals surface area (Å²) in [5, 5.41) is 0. The Morgan fingerprint density at radius 1 is 1.55 bits per heavy atom. The average molecular weight is 174 g/mol. The zero-order valence-electron chi connectivity index (χ0n) is 6.29. The molecule has 0 N–H and O–H groups in total. The van der Waals surface area contributed by atoms with Gasteiger partial charge in [0.2, 0.25) is 0 Å². The van der Waals surface area contributed by atoms with Crippen molar-refractivity contribution in [3.63, 3.8) is 0 Å². The minimum atomic E-state index is -0.542. The van der Waals surface area contributed by atoms with Gasteiger partial charge in [0.25, 0.3) is 0 Å². The number of rotatable bonds is 4. The molecule has 0 bridgehead atoms. The monoisotopic (exact) mass is 174 g/mol. The van der Waals surface area contributed by atoms with E-state index in [-0.39, 0.29) is 23.5 Å². The Kier molecular flexibility index (Phi) is 4.61. The fourth-order valence-electron chi connectivity index (χ4n) is 0.510. The highest BCUT2D eigenvalue weighted by Gasteiger charge is 2.09. The molecule has 0 atom stereocenters. The number of thiol groups is 1. The van der Waals surface area contributed by atoms with Gasteiger partial charge in [0.15, 0.2) is 0 Å². The number of ether oxygens (including phenoxy) is 1. The quantitative estimate of drug-likeness (QED) is 0.385. The van der Waals surface area contributed by atoms with Crippen molar-refractivity contribution >= 4 is 24.4 Å². The number of carbonyl (C=O) groups is 2. The predicted molar refractivity (Wildman–Crippen MR) is 44.6 cm³/mol. The molecule has 0 fully saturated rings. The first-order valence-electron chi connectivity index (χ1n) is 3.00. The molecule has 62 valence electrons. The lowest BCUT2D eigenvalue weighted by molar-refractivity contribution is -0.137. The van der Waals surface area contributed by atoms with Crippen LogP contribution in [0.2, 0.25) is 0 Å². The van der Waals surface area contributed by atoms with Crippen molar-refractivity contribution in [1.82, 2.24) is 0 Å². The molecule has 0 rings (SSSR count). The van der Waals surface area contributed by atoms with Crippen LogP contribution >= 0.6 is 12.6 Å². The van der Waals surface area contributed by atoms with E-state index >= 15 is 0 Å². The van der Waals surface area contributed by atoms with Gasteiger partial charge in [-0.1, -0.05) is 6.58 Å². The summed E-state index contributed by atoms with van der Waals surface area (Å²) >= 11 is 3.75. The molecule has 0 spiro atoms. The SMILES string of the molecule is C=C(CC(=O)CS)C(=O)OC. The van der Waals surface area contributed by atoms with Crippen molar-refractivity contribution in [2.45, 2.75) is 6.42 Å². The summed E-state index contributed by atoms with van der Waals surface area (Å²) in [6, 6.07) is 0. The molecule has 0 amide bonds. The number of methoxy groups -OCH3 is 1. The number of ketones is 1. The van der Waals surface area contributed by atoms with Gasteiger partial charge in [0, 0.05) is 17.7 Å². The predicted octanol–water partition coefficient (Wildman–Crippen LogP) is 0.605. The van der Waals surface area contributed by atoms with Gasteiger partial charge in [-0.2, -0.15) is 12.6 Å². The summed E-state index contributed by atoms with van der Waals surface area (Å²) in [6.07, 6.45) is 0.0240. The standard InChI is InChI=1S/C7H10O3S/c1-5(7(9)10-2)3-6(8)4-11/h11H,1,3-4H2,2H3. The minimum Gasteiger partial charge on any atom is -0.466 e. The van der Waals surface area contributed by atoms with Gasteiger partial charge in [-0.05, 0) is 0 Å². The first-order valence-corrected chi connectivity index (χ1v) is 3.63. The smallest absolute Gasteiger partial charge is 0.333 e. The Hall–Kier alpha value is -0.770. The van der Waals surface area contributed by atoms with Crippen molar-refractivity contribution < 1.29 is 14.3 Å². The van der Waals surface area contributed by atoms with Crippen LogP contribution in [-0.4, -0.2) is 24.6 Å². The molecular weight excluding hydrogens is 164 g/mol. The first-order chi connectivity index (χ1) is 5.11. The third kappa shape index (κ3) is 3.83. The van der Waals surface area contributed by atoms with Crippen LogP contribution in [-0.2, 0) is 14.3 Å². The second kappa shape index (κ2) is 4.96. The van der Waals surface area contributed by atoms with Crippen molar-refractivity contribution in [2.75, 3.05) is 12.9 Å². The zero-order valence-corrected chi connectivity index (χ0v) is 7.19. The highest BCUT2D eigenvalue weighted by molar-refractivity contribution is 7.81. The van der Waals surface area contributed by atoms with Crippen LogP contribution in [0.3, 0.4) is 0 Å². The second-order valence-electron chi connectivity index (χ2n) is 1.97. The van der Waals surface area contributed by atoms with Gasteiger partial charge in [0.05, 0.1) is 7.11 Å². The number of Topliss-reactive ketones (excluding diaryl/α,β-unsaturated/α-hetero) is 1. The third-order valence-electron chi connectivity index (χ3n) is 1.06. The van der Waals surface area contributed by atoms with Gasteiger partial charge in [-0.25, -0.2) is 4.79 Å². The Morgan fingerprint density at radius 3 is 2.45 bits per heavy atom. The fourth-order valence-corrected chi connectivity index (χ4v) is 0.622. The molecule has 0 aliphatic heterocycles. The largest absolute Gasteiger partial charge is 0.466 e. The van der Waals surface area contributed by atoms with E-state index < -0.39 is 5.97 Å². The van der Waals surface area contributed by atoms with E-state index in [2.05, 4.69) is 23.9 Å². The lowest BCUT2D eigenvalue weighted by Gasteiger charge is -1.99. The maximum absolute atomic E-state index is 10.7. The van der Waals surface area contributed by atoms with E-state index in [1.165, 1.54) is 7.11 Å². The minimum absolute atomic E-state index is 0.0240. The maximum atomic E-state index is 10.7. The number of carbonyl (C=O) groups excluding carboxylic acids is 2. The average Bonchev–Trinajstić information content (AvgIpc) is 2.02. The van der Waals surface area contributed by atoms with Gasteiger partial charge in [-0.15, -0.1) is 0 Å². The van der Waals surface area contributed by atoms with Crippen molar-refractivity contribution in [3.05, 3.63) is 12.2 Å². The molecule has 3 nitrogen and oxygen atoms in total. The fraction of sp³-hybridized carbons (Fsp3) is 0.429. The van der Waals surface area contributed by atoms with Crippen LogP contribution in [0.25, 0.3) is 0 Å². The highest BCUT2D eigenvalue weighted by atomic mass is 32.1. The molecule has 0 aromatic heterocycles. The normalized spacial score (nSPS) is 8.91. The van der Waals surface area contributed by atoms with Gasteiger partial charge >= 0.3 is 5.97 Å². The summed E-state index contributed by atoms with van der Waals surface area (Å²) in [7, 11) is 1.25. The topological polar surface area (TPSA) is 43.4 Å². The molecule has 0 heterocycles. The van der Waals surface area contributed by atoms with Crippen LogP contribution in [0, 0.1) is 0 Å². The molecule has 0 saturated heterocycles. The molecule has 4 heteroatoms. The highest BCUT2D eigenvalue weighted by Crippen LogP contribution is 2.01. The van der Waals surface area contributed by atoms with E-state index in [4.69, 9.17) is 0 Å². The lowest BCUT2D eigenvalue weighted by Crippen LogP contribution is -2.09. The summed E-state index contributed by atoms with van der Waals surface area (Å²) in [5.41, 5.74) is 0.173. The van der Waals surface area contributed by atoms with Crippen molar-refractivity contribution in [3.8, 4) is 0 Å². The molecule has 11 heavy (non-hydrogen) atoms. The van der Waals surface area contributed by atoms with Gasteiger partial charge < -0.3 is 4.74 Å². The molecule has 0 unspecified atom stereocenters. The summed E-state index contributed by atoms with van der Waals surface area (Å²) in [4.78, 5) is 21.4. The van der Waals surface area contributed by atoms with Crippen LogP contribution in [0.15, 0.2) is 12.2 Å². The van der Waals surface area contributed by atoms with E-state index in [1.807, 2.05) is 0 Å². The summed E-state index contributed by atoms with van der Waals surface area (Å²) in [5.74, 6) is -0.556. The van der Waals surface area contributed by atoms with Crippen molar-refractivity contribution in [2.24, 2.45) is 0 Å². The van der Waals surface area contributed by atoms with Crippen molar-refractivity contribution in [1.29, 1.82) is 0 Å². The number of esters is 1. The van der Waals surface area contributed by atoms with E-state index in [0.717, 1.165) is 0 Å². The van der Waals surface area contributed by atoms with Crippen LogP contribution in [0.5, 0.6) is 0 Å². The maximum Gasteiger partial charge on any atom is 0.333 e. The third-order valence-corrected chi connectivity index (χ3v) is 1.41. The molecule has 0 saturated carbocycles. The van der Waals surface area contributed by atoms with Gasteiger partial charge in [0.1, 0.15) is 5.78 Å². The summed E-state index contributed by atoms with van der Waals surface area (Å²) < 4.78 is 4.34. The molecular formula is C7H10O3S. The van der Waals surface area contributed by atoms with Crippen LogP contribution in [0.1, 0.15) is 6.42 Å². The van der Waals surface area contributed by atoms with E-state index in [1.54, 1.807) is 0 Å². The zero-order chi connectivity index (χ0) is 8.85. The van der Waals surface area contributed by atoms with Crippen LogP contribution in [0.4, 0.5) is 0 Å². The summed E-state index contributed by atoms with van der Waals surface area (Å²) in [6.45, 7) is 3.38. The Bertz CT molecular complexity index is 186. The molecule has 0 aromatic rings. The second-order valence-corrected chi connectivity index (χ2v) is 2.28. The van der Waals surface area contributed by atoms with Gasteiger partial charge in [-0.3, -0.25) is 4.79 Å². The number of hydrogen-bond acceptors (Lipinski definition) is 4. The lowest BCUT2D eigenvalue weighted by atomic mass is 10.2. The Balaban J connectivity index is 3.88. The molecule has 0 aliphatic rings. The Labute approximate surface area is 70.8 Å². The van der Waals surface area contributed by atoms with Crippen LogP contribution < -0.4 is 0 Å². The first kappa shape index (κ1) is 10.2. The Morgan fingerprint density at radius 2 is 2.09 bits per heavy atom. The molecule has 0 radical (unpaired) electrons. The molecule has 0 aliphatic carbocycles. The van der Waals surface area contributed by atoms with E-state index in [0.29, 0.717) is 0 Å². The number of hydrogen-bond donors (Lipinski definition) is 1. The molecule has 0 aromatic carbocycles.